The molecule has 0 saturated heterocycles. The van der Waals surface area contributed by atoms with Crippen molar-refractivity contribution in [2.75, 3.05) is 13.1 Å². The van der Waals surface area contributed by atoms with Crippen molar-refractivity contribution < 1.29 is 5.21 Å². The first-order valence-electron chi connectivity index (χ1n) is 10.7. The van der Waals surface area contributed by atoms with Gasteiger partial charge in [0.25, 0.3) is 0 Å². The van der Waals surface area contributed by atoms with Crippen LogP contribution in [0.1, 0.15) is 37.4 Å². The van der Waals surface area contributed by atoms with Crippen molar-refractivity contribution in [3.8, 4) is 11.3 Å². The molecule has 4 rings (SSSR count). The molecule has 1 fully saturated rings. The standard InChI is InChI=1S/C25H30N4O/c1-3-14-28(17-21-11-12-21)18-23-25(22-7-5-4-6-8-22)26-24-16-20(13-15-29(23)24)10-9-19(2)27-30/h4-10,13,15-16,21,27,30H,2-3,11-12,14,17-18H2,1H3/b10-9+. The Morgan fingerprint density at radius 3 is 2.80 bits per heavy atom. The third-order valence-electron chi connectivity index (χ3n) is 5.54. The summed E-state index contributed by atoms with van der Waals surface area (Å²) in [7, 11) is 0. The smallest absolute Gasteiger partial charge is 0.138 e. The number of imidazole rings is 1. The predicted molar refractivity (Wildman–Crippen MR) is 122 cm³/mol. The Kier molecular flexibility index (Phi) is 6.31. The molecule has 2 aromatic heterocycles. The maximum absolute atomic E-state index is 8.92. The minimum atomic E-state index is 0.444. The van der Waals surface area contributed by atoms with E-state index in [9.17, 15) is 0 Å². The minimum absolute atomic E-state index is 0.444. The number of aromatic nitrogens is 2. The molecule has 1 aliphatic carbocycles. The largest absolute Gasteiger partial charge is 0.302 e. The highest BCUT2D eigenvalue weighted by Gasteiger charge is 2.25. The average molecular weight is 403 g/mol. The number of nitrogens with zero attached hydrogens (tertiary/aromatic N) is 3. The molecule has 0 bridgehead atoms. The lowest BCUT2D eigenvalue weighted by atomic mass is 10.1. The molecular formula is C25H30N4O. The Hall–Kier alpha value is -2.89. The number of rotatable bonds is 10. The lowest BCUT2D eigenvalue weighted by Gasteiger charge is -2.22. The first kappa shape index (κ1) is 20.4. The summed E-state index contributed by atoms with van der Waals surface area (Å²) in [6.45, 7) is 9.14. The van der Waals surface area contributed by atoms with Crippen molar-refractivity contribution in [3.63, 3.8) is 0 Å². The lowest BCUT2D eigenvalue weighted by molar-refractivity contribution is 0.205. The highest BCUT2D eigenvalue weighted by atomic mass is 16.5. The van der Waals surface area contributed by atoms with Gasteiger partial charge in [-0.25, -0.2) is 4.98 Å². The summed E-state index contributed by atoms with van der Waals surface area (Å²) in [6.07, 6.45) is 9.64. The highest BCUT2D eigenvalue weighted by Crippen LogP contribution is 2.32. The van der Waals surface area contributed by atoms with Gasteiger partial charge in [0.15, 0.2) is 0 Å². The van der Waals surface area contributed by atoms with Crippen LogP contribution in [0.2, 0.25) is 0 Å². The summed E-state index contributed by atoms with van der Waals surface area (Å²) in [4.78, 5) is 7.60. The van der Waals surface area contributed by atoms with Crippen LogP contribution in [0, 0.1) is 5.92 Å². The van der Waals surface area contributed by atoms with Crippen molar-refractivity contribution >= 4 is 11.7 Å². The van der Waals surface area contributed by atoms with E-state index in [2.05, 4.69) is 70.9 Å². The molecule has 1 aromatic carbocycles. The fourth-order valence-corrected chi connectivity index (χ4v) is 3.86. The fourth-order valence-electron chi connectivity index (χ4n) is 3.86. The number of benzene rings is 1. The van der Waals surface area contributed by atoms with Gasteiger partial charge in [-0.2, -0.15) is 0 Å². The van der Waals surface area contributed by atoms with E-state index in [1.165, 1.54) is 25.1 Å². The van der Waals surface area contributed by atoms with Gasteiger partial charge >= 0.3 is 0 Å². The number of pyridine rings is 1. The molecule has 0 radical (unpaired) electrons. The molecule has 2 heterocycles. The van der Waals surface area contributed by atoms with Crippen LogP contribution in [-0.4, -0.2) is 32.6 Å². The highest BCUT2D eigenvalue weighted by molar-refractivity contribution is 5.68. The molecule has 5 heteroatoms. The van der Waals surface area contributed by atoms with Crippen LogP contribution in [0.4, 0.5) is 0 Å². The molecule has 5 nitrogen and oxygen atoms in total. The normalized spacial score (nSPS) is 14.1. The molecule has 0 atom stereocenters. The van der Waals surface area contributed by atoms with Crippen molar-refractivity contribution in [1.29, 1.82) is 0 Å². The van der Waals surface area contributed by atoms with Gasteiger partial charge in [0.2, 0.25) is 0 Å². The topological polar surface area (TPSA) is 52.8 Å². The van der Waals surface area contributed by atoms with Crippen LogP contribution in [0.25, 0.3) is 23.0 Å². The lowest BCUT2D eigenvalue weighted by Crippen LogP contribution is -2.27. The van der Waals surface area contributed by atoms with Crippen LogP contribution in [-0.2, 0) is 6.54 Å². The Balaban J connectivity index is 1.73. The molecule has 156 valence electrons. The van der Waals surface area contributed by atoms with E-state index >= 15 is 0 Å². The number of fused-ring (bicyclic) bond motifs is 1. The van der Waals surface area contributed by atoms with Crippen LogP contribution >= 0.6 is 0 Å². The fraction of sp³-hybridized carbons (Fsp3) is 0.320. The second kappa shape index (κ2) is 9.28. The van der Waals surface area contributed by atoms with Gasteiger partial charge in [-0.15, -0.1) is 0 Å². The zero-order valence-electron chi connectivity index (χ0n) is 17.6. The first-order valence-corrected chi connectivity index (χ1v) is 10.7. The SMILES string of the molecule is C=C(/C=C/c1ccn2c(CN(CCC)CC3CC3)c(-c3ccccc3)nc2c1)NO. The van der Waals surface area contributed by atoms with Crippen molar-refractivity contribution in [2.24, 2.45) is 5.92 Å². The molecule has 0 amide bonds. The summed E-state index contributed by atoms with van der Waals surface area (Å²) in [5.74, 6) is 0.862. The van der Waals surface area contributed by atoms with E-state index < -0.39 is 0 Å². The third-order valence-corrected chi connectivity index (χ3v) is 5.54. The Morgan fingerprint density at radius 2 is 2.10 bits per heavy atom. The molecule has 3 aromatic rings. The van der Waals surface area contributed by atoms with Crippen LogP contribution < -0.4 is 5.48 Å². The number of hydrogen-bond donors (Lipinski definition) is 2. The van der Waals surface area contributed by atoms with E-state index in [1.807, 2.05) is 12.1 Å². The van der Waals surface area contributed by atoms with Crippen molar-refractivity contribution in [3.05, 3.63) is 78.3 Å². The van der Waals surface area contributed by atoms with Gasteiger partial charge in [-0.05, 0) is 55.5 Å². The molecule has 0 spiro atoms. The molecule has 2 N–H and O–H groups in total. The van der Waals surface area contributed by atoms with Gasteiger partial charge in [0, 0.05) is 24.8 Å². The molecular weight excluding hydrogens is 372 g/mol. The summed E-state index contributed by atoms with van der Waals surface area (Å²) in [5.41, 5.74) is 7.87. The number of hydroxylamine groups is 1. The second-order valence-corrected chi connectivity index (χ2v) is 8.11. The maximum atomic E-state index is 8.92. The van der Waals surface area contributed by atoms with E-state index in [0.29, 0.717) is 5.70 Å². The van der Waals surface area contributed by atoms with Gasteiger partial charge in [-0.1, -0.05) is 49.9 Å². The Bertz CT molecular complexity index is 1030. The van der Waals surface area contributed by atoms with Crippen LogP contribution in [0.15, 0.2) is 67.0 Å². The Morgan fingerprint density at radius 1 is 1.30 bits per heavy atom. The molecule has 1 saturated carbocycles. The van der Waals surface area contributed by atoms with Crippen LogP contribution in [0.5, 0.6) is 0 Å². The molecule has 0 unspecified atom stereocenters. The quantitative estimate of drug-likeness (QED) is 0.365. The number of nitrogens with one attached hydrogen (secondary N) is 1. The van der Waals surface area contributed by atoms with Crippen LogP contribution in [0.3, 0.4) is 0 Å². The summed E-state index contributed by atoms with van der Waals surface area (Å²) in [6, 6.07) is 14.6. The van der Waals surface area contributed by atoms with E-state index in [4.69, 9.17) is 10.2 Å². The summed E-state index contributed by atoms with van der Waals surface area (Å²) in [5, 5.41) is 8.92. The molecule has 0 aliphatic heterocycles. The second-order valence-electron chi connectivity index (χ2n) is 8.11. The summed E-state index contributed by atoms with van der Waals surface area (Å²) >= 11 is 0. The van der Waals surface area contributed by atoms with E-state index in [1.54, 1.807) is 6.08 Å². The number of hydrogen-bond acceptors (Lipinski definition) is 4. The zero-order valence-corrected chi connectivity index (χ0v) is 17.6. The molecule has 30 heavy (non-hydrogen) atoms. The maximum Gasteiger partial charge on any atom is 0.138 e. The van der Waals surface area contributed by atoms with Gasteiger partial charge in [0.1, 0.15) is 5.65 Å². The van der Waals surface area contributed by atoms with Crippen molar-refractivity contribution in [1.82, 2.24) is 19.8 Å². The number of allylic oxidation sites excluding steroid dienone is 1. The van der Waals surface area contributed by atoms with Gasteiger partial charge in [0.05, 0.1) is 17.1 Å². The van der Waals surface area contributed by atoms with Gasteiger partial charge < -0.3 is 4.40 Å². The Labute approximate surface area is 178 Å². The predicted octanol–water partition coefficient (Wildman–Crippen LogP) is 5.13. The van der Waals surface area contributed by atoms with Gasteiger partial charge in [-0.3, -0.25) is 15.6 Å². The first-order chi connectivity index (χ1) is 14.7. The minimum Gasteiger partial charge on any atom is -0.302 e. The molecule has 1 aliphatic rings. The average Bonchev–Trinajstić information content (AvgIpc) is 3.52. The zero-order chi connectivity index (χ0) is 20.9. The monoisotopic (exact) mass is 402 g/mol. The third kappa shape index (κ3) is 4.81. The summed E-state index contributed by atoms with van der Waals surface area (Å²) < 4.78 is 2.22. The van der Waals surface area contributed by atoms with Crippen molar-refractivity contribution in [2.45, 2.75) is 32.7 Å². The van der Waals surface area contributed by atoms with E-state index in [-0.39, 0.29) is 0 Å². The van der Waals surface area contributed by atoms with E-state index in [0.717, 1.165) is 47.9 Å².